The number of anilines is 2. The average Bonchev–Trinajstić information content (AvgIpc) is 3.79. The van der Waals surface area contributed by atoms with E-state index in [1.54, 1.807) is 35.6 Å². The van der Waals surface area contributed by atoms with Gasteiger partial charge >= 0.3 is 6.18 Å². The maximum Gasteiger partial charge on any atom is 0.433 e. The Balaban J connectivity index is 0.727. The number of ether oxygens (including phenoxy) is 1. The van der Waals surface area contributed by atoms with Gasteiger partial charge in [-0.1, -0.05) is 12.1 Å². The van der Waals surface area contributed by atoms with Crippen LogP contribution in [-0.4, -0.2) is 88.6 Å². The first-order chi connectivity index (χ1) is 30.2. The van der Waals surface area contributed by atoms with Gasteiger partial charge in [0.2, 0.25) is 11.8 Å². The Bertz CT molecular complexity index is 2470. The van der Waals surface area contributed by atoms with Gasteiger partial charge in [-0.15, -0.1) is 11.3 Å². The van der Waals surface area contributed by atoms with E-state index >= 15 is 0 Å². The lowest BCUT2D eigenvalue weighted by atomic mass is 9.55. The number of pyridine rings is 1. The minimum Gasteiger partial charge on any atom is -0.494 e. The number of hydrogen-bond donors (Lipinski definition) is 3. The monoisotopic (exact) mass is 885 g/mol. The molecule has 2 aliphatic heterocycles. The number of methoxy groups -OCH3 is 1. The van der Waals surface area contributed by atoms with Crippen molar-refractivity contribution in [3.8, 4) is 5.75 Å². The molecule has 0 radical (unpaired) electrons. The molecule has 1 spiro atoms. The average molecular weight is 886 g/mol. The number of imide groups is 2. The molecular weight excluding hydrogens is 836 g/mol. The van der Waals surface area contributed by atoms with Crippen LogP contribution in [0.1, 0.15) is 125 Å². The van der Waals surface area contributed by atoms with Gasteiger partial charge in [0.1, 0.15) is 23.2 Å². The number of alkyl halides is 3. The number of hydrogen-bond acceptors (Lipinski definition) is 11. The van der Waals surface area contributed by atoms with Crippen molar-refractivity contribution in [1.82, 2.24) is 25.1 Å². The Hall–Kier alpha value is -5.42. The first-order valence-electron chi connectivity index (χ1n) is 21.8. The summed E-state index contributed by atoms with van der Waals surface area (Å²) in [6.45, 7) is 1.78. The molecule has 2 aromatic carbocycles. The number of carbonyl (C=O) groups excluding carboxylic acids is 5. The molecule has 1 saturated heterocycles. The van der Waals surface area contributed by atoms with Crippen molar-refractivity contribution in [1.29, 1.82) is 0 Å². The molecule has 0 bridgehead atoms. The zero-order chi connectivity index (χ0) is 44.2. The zero-order valence-corrected chi connectivity index (χ0v) is 36.0. The van der Waals surface area contributed by atoms with Crippen LogP contribution in [0.15, 0.2) is 48.5 Å². The standard InChI is InChI=1S/C46H50F3N7O6S/c1-55(24-25-9-11-27(12-10-25)42-53-33-19-35(62-2)32(20-36(33)63-42)52-40(58)31-7-4-8-37(51-31)46(47,48)49)28-15-17-45(18-16-28)21-26(22-45)23-50-30-6-3-5-29-39(30)44(61)56(43(29)60)34-13-14-38(57)54-41(34)59/h3-8,19-20,25-28,34,50H,9-18,21-24H2,1-2H3,(H,52,58)(H,54,57,59)/t25-,26?,27-,28?,34?,45?. The summed E-state index contributed by atoms with van der Waals surface area (Å²) < 4.78 is 46.0. The van der Waals surface area contributed by atoms with E-state index in [1.807, 2.05) is 6.07 Å². The van der Waals surface area contributed by atoms with E-state index in [9.17, 15) is 37.1 Å². The summed E-state index contributed by atoms with van der Waals surface area (Å²) in [5.41, 5.74) is 1.17. The summed E-state index contributed by atoms with van der Waals surface area (Å²) in [5, 5.41) is 9.43. The van der Waals surface area contributed by atoms with Gasteiger partial charge in [-0.2, -0.15) is 13.2 Å². The first kappa shape index (κ1) is 42.9. The normalized spacial score (nSPS) is 26.2. The van der Waals surface area contributed by atoms with Gasteiger partial charge < -0.3 is 20.3 Å². The highest BCUT2D eigenvalue weighted by Crippen LogP contribution is 2.55. The third-order valence-electron chi connectivity index (χ3n) is 14.1. The lowest BCUT2D eigenvalue weighted by Gasteiger charge is -2.53. The van der Waals surface area contributed by atoms with E-state index in [0.717, 1.165) is 77.3 Å². The van der Waals surface area contributed by atoms with Crippen LogP contribution in [0.3, 0.4) is 0 Å². The lowest BCUT2D eigenvalue weighted by Crippen LogP contribution is -2.54. The van der Waals surface area contributed by atoms with Crippen molar-refractivity contribution < 1.29 is 41.9 Å². The highest BCUT2D eigenvalue weighted by Gasteiger charge is 2.48. The molecule has 2 aromatic heterocycles. The first-order valence-corrected chi connectivity index (χ1v) is 22.6. The topological polar surface area (TPSA) is 163 Å². The Labute approximate surface area is 366 Å². The van der Waals surface area contributed by atoms with E-state index in [-0.39, 0.29) is 24.1 Å². The summed E-state index contributed by atoms with van der Waals surface area (Å²) in [6, 6.07) is 11.5. The second-order valence-electron chi connectivity index (χ2n) is 18.2. The second kappa shape index (κ2) is 16.9. The van der Waals surface area contributed by atoms with Gasteiger partial charge in [0.15, 0.2) is 0 Å². The fraction of sp³-hybridized carbons (Fsp3) is 0.500. The van der Waals surface area contributed by atoms with Gasteiger partial charge in [-0.3, -0.25) is 34.2 Å². The van der Waals surface area contributed by atoms with Gasteiger partial charge in [-0.05, 0) is 125 Å². The van der Waals surface area contributed by atoms with Crippen LogP contribution < -0.4 is 20.7 Å². The van der Waals surface area contributed by atoms with Gasteiger partial charge in [-0.25, -0.2) is 9.97 Å². The molecule has 332 valence electrons. The van der Waals surface area contributed by atoms with Crippen molar-refractivity contribution in [3.05, 3.63) is 76.1 Å². The zero-order valence-electron chi connectivity index (χ0n) is 35.2. The molecule has 9 rings (SSSR count). The Kier molecular flexibility index (Phi) is 11.5. The van der Waals surface area contributed by atoms with Gasteiger partial charge in [0.25, 0.3) is 17.7 Å². The van der Waals surface area contributed by atoms with Crippen LogP contribution >= 0.6 is 11.3 Å². The summed E-state index contributed by atoms with van der Waals surface area (Å²) in [4.78, 5) is 75.9. The van der Waals surface area contributed by atoms with Crippen LogP contribution in [0.5, 0.6) is 5.75 Å². The number of nitrogens with zero attached hydrogens (tertiary/aromatic N) is 4. The van der Waals surface area contributed by atoms with E-state index in [0.29, 0.717) is 58.4 Å². The van der Waals surface area contributed by atoms with E-state index in [4.69, 9.17) is 9.72 Å². The third kappa shape index (κ3) is 8.53. The largest absolute Gasteiger partial charge is 0.494 e. The van der Waals surface area contributed by atoms with Crippen molar-refractivity contribution in [2.75, 3.05) is 37.9 Å². The molecule has 17 heteroatoms. The number of amides is 5. The van der Waals surface area contributed by atoms with Crippen LogP contribution in [0, 0.1) is 17.3 Å². The maximum absolute atomic E-state index is 13.5. The minimum atomic E-state index is -4.66. The summed E-state index contributed by atoms with van der Waals surface area (Å²) in [6.07, 6.45) is 6.89. The quantitative estimate of drug-likeness (QED) is 0.126. The summed E-state index contributed by atoms with van der Waals surface area (Å²) in [5.74, 6) is -0.999. The SMILES string of the molecule is COc1cc2nc([C@H]3CC[C@H](CN(C)C4CCC5(CC4)CC(CNc4cccc6c4C(=O)N(C4CCC(=O)NC4=O)C6=O)C5)CC3)sc2cc1NC(=O)c1cccc(C(F)(F)F)n1. The van der Waals surface area contributed by atoms with Crippen LogP contribution in [0.25, 0.3) is 10.2 Å². The van der Waals surface area contributed by atoms with Crippen molar-refractivity contribution >= 4 is 62.5 Å². The molecule has 1 atom stereocenters. The Morgan fingerprint density at radius 3 is 2.40 bits per heavy atom. The molecule has 3 aliphatic carbocycles. The van der Waals surface area contributed by atoms with Gasteiger partial charge in [0, 0.05) is 43.2 Å². The summed E-state index contributed by atoms with van der Waals surface area (Å²) in [7, 11) is 3.74. The highest BCUT2D eigenvalue weighted by molar-refractivity contribution is 7.18. The van der Waals surface area contributed by atoms with Crippen LogP contribution in [0.2, 0.25) is 0 Å². The van der Waals surface area contributed by atoms with Crippen molar-refractivity contribution in [2.45, 2.75) is 101 Å². The van der Waals surface area contributed by atoms with E-state index in [2.05, 4.69) is 32.9 Å². The lowest BCUT2D eigenvalue weighted by molar-refractivity contribution is -0.141. The van der Waals surface area contributed by atoms with Crippen LogP contribution in [0.4, 0.5) is 24.5 Å². The number of thiazole rings is 1. The number of benzene rings is 2. The van der Waals surface area contributed by atoms with E-state index < -0.39 is 47.4 Å². The molecule has 3 saturated carbocycles. The fourth-order valence-corrected chi connectivity index (χ4v) is 11.9. The number of carbonyl (C=O) groups is 5. The number of halogens is 3. The third-order valence-corrected chi connectivity index (χ3v) is 15.3. The van der Waals surface area contributed by atoms with Crippen LogP contribution in [-0.2, 0) is 15.8 Å². The van der Waals surface area contributed by atoms with E-state index in [1.165, 1.54) is 38.9 Å². The number of piperidine rings is 1. The highest BCUT2D eigenvalue weighted by atomic mass is 32.1. The molecule has 4 heterocycles. The Morgan fingerprint density at radius 1 is 0.937 bits per heavy atom. The number of rotatable bonds is 11. The molecule has 4 fully saturated rings. The molecule has 3 N–H and O–H groups in total. The molecular formula is C46H50F3N7O6S. The number of fused-ring (bicyclic) bond motifs is 2. The van der Waals surface area contributed by atoms with Crippen molar-refractivity contribution in [3.63, 3.8) is 0 Å². The molecule has 1 unspecified atom stereocenters. The number of aromatic nitrogens is 2. The molecule has 13 nitrogen and oxygen atoms in total. The second-order valence-corrected chi connectivity index (χ2v) is 19.2. The predicted molar refractivity (Wildman–Crippen MR) is 230 cm³/mol. The Morgan fingerprint density at radius 2 is 1.68 bits per heavy atom. The number of nitrogens with one attached hydrogen (secondary N) is 3. The minimum absolute atomic E-state index is 0.0821. The summed E-state index contributed by atoms with van der Waals surface area (Å²) >= 11 is 1.58. The maximum atomic E-state index is 13.5. The molecule has 5 aliphatic rings. The predicted octanol–water partition coefficient (Wildman–Crippen LogP) is 8.03. The smallest absolute Gasteiger partial charge is 0.433 e. The molecule has 63 heavy (non-hydrogen) atoms. The van der Waals surface area contributed by atoms with Crippen molar-refractivity contribution in [2.24, 2.45) is 17.3 Å². The fourth-order valence-electron chi connectivity index (χ4n) is 10.8. The molecule has 5 amide bonds. The van der Waals surface area contributed by atoms with Gasteiger partial charge in [0.05, 0.1) is 39.1 Å². The molecule has 4 aromatic rings.